The minimum Gasteiger partial charge on any atom is -0.444 e. The maximum atomic E-state index is 12.2. The van der Waals surface area contributed by atoms with Gasteiger partial charge in [-0.15, -0.1) is 0 Å². The Labute approximate surface area is 139 Å². The second-order valence-electron chi connectivity index (χ2n) is 7.83. The highest BCUT2D eigenvalue weighted by atomic mass is 16.6. The molecule has 2 aliphatic heterocycles. The Bertz CT molecular complexity index is 552. The number of piperidine rings is 1. The SMILES string of the molecule is C[C@@H](c1ccccc1)N1C[C@H]2CN(C(=O)OC(C)(C)C)CC[C@H]21. The Hall–Kier alpha value is -1.55. The summed E-state index contributed by atoms with van der Waals surface area (Å²) in [5.74, 6) is 0.586. The van der Waals surface area contributed by atoms with Crippen LogP contribution in [0.4, 0.5) is 4.79 Å². The Morgan fingerprint density at radius 2 is 1.91 bits per heavy atom. The second kappa shape index (κ2) is 6.16. The highest BCUT2D eigenvalue weighted by Crippen LogP contribution is 2.38. The van der Waals surface area contributed by atoms with E-state index in [1.807, 2.05) is 25.7 Å². The van der Waals surface area contributed by atoms with Crippen LogP contribution < -0.4 is 0 Å². The summed E-state index contributed by atoms with van der Waals surface area (Å²) in [6.45, 7) is 10.7. The van der Waals surface area contributed by atoms with E-state index in [-0.39, 0.29) is 6.09 Å². The number of likely N-dealkylation sites (tertiary alicyclic amines) is 2. The number of amides is 1. The fourth-order valence-electron chi connectivity index (χ4n) is 3.76. The van der Waals surface area contributed by atoms with Gasteiger partial charge in [-0.1, -0.05) is 30.3 Å². The number of benzene rings is 1. The topological polar surface area (TPSA) is 32.8 Å². The number of nitrogens with zero attached hydrogens (tertiary/aromatic N) is 2. The summed E-state index contributed by atoms with van der Waals surface area (Å²) in [6.07, 6.45) is 0.881. The summed E-state index contributed by atoms with van der Waals surface area (Å²) in [5, 5.41) is 0. The van der Waals surface area contributed by atoms with Crippen LogP contribution in [0, 0.1) is 5.92 Å². The van der Waals surface area contributed by atoms with Crippen molar-refractivity contribution in [2.75, 3.05) is 19.6 Å². The van der Waals surface area contributed by atoms with Crippen LogP contribution in [0.1, 0.15) is 45.7 Å². The zero-order chi connectivity index (χ0) is 16.6. The lowest BCUT2D eigenvalue weighted by atomic mass is 9.80. The van der Waals surface area contributed by atoms with Crippen molar-refractivity contribution in [3.8, 4) is 0 Å². The van der Waals surface area contributed by atoms with Gasteiger partial charge in [0.15, 0.2) is 0 Å². The zero-order valence-electron chi connectivity index (χ0n) is 14.7. The normalized spacial score (nSPS) is 26.2. The van der Waals surface area contributed by atoms with E-state index < -0.39 is 5.60 Å². The van der Waals surface area contributed by atoms with Crippen molar-refractivity contribution in [1.29, 1.82) is 0 Å². The molecule has 0 radical (unpaired) electrons. The number of carbonyl (C=O) groups excluding carboxylic acids is 1. The minimum atomic E-state index is -0.415. The molecule has 2 saturated heterocycles. The Morgan fingerprint density at radius 3 is 2.52 bits per heavy atom. The van der Waals surface area contributed by atoms with Crippen LogP contribution in [-0.2, 0) is 4.74 Å². The molecule has 4 heteroatoms. The molecule has 2 heterocycles. The number of carbonyl (C=O) groups is 1. The highest BCUT2D eigenvalue weighted by molar-refractivity contribution is 5.68. The maximum absolute atomic E-state index is 12.2. The van der Waals surface area contributed by atoms with Gasteiger partial charge in [0.2, 0.25) is 0 Å². The first kappa shape index (κ1) is 16.3. The quantitative estimate of drug-likeness (QED) is 0.834. The van der Waals surface area contributed by atoms with Crippen LogP contribution in [-0.4, -0.2) is 47.2 Å². The third-order valence-corrected chi connectivity index (χ3v) is 5.00. The molecule has 0 N–H and O–H groups in total. The molecule has 0 aliphatic carbocycles. The first-order chi connectivity index (χ1) is 10.8. The van der Waals surface area contributed by atoms with Crippen molar-refractivity contribution in [3.63, 3.8) is 0 Å². The van der Waals surface area contributed by atoms with E-state index in [1.165, 1.54) is 5.56 Å². The van der Waals surface area contributed by atoms with Crippen LogP contribution in [0.25, 0.3) is 0 Å². The van der Waals surface area contributed by atoms with E-state index in [4.69, 9.17) is 4.74 Å². The van der Waals surface area contributed by atoms with Crippen LogP contribution in [0.15, 0.2) is 30.3 Å². The average Bonchev–Trinajstić information content (AvgIpc) is 2.47. The Kier molecular flexibility index (Phi) is 4.37. The fraction of sp³-hybridized carbons (Fsp3) is 0.632. The van der Waals surface area contributed by atoms with Gasteiger partial charge >= 0.3 is 6.09 Å². The van der Waals surface area contributed by atoms with Crippen molar-refractivity contribution < 1.29 is 9.53 Å². The second-order valence-corrected chi connectivity index (χ2v) is 7.83. The van der Waals surface area contributed by atoms with Gasteiger partial charge in [-0.25, -0.2) is 4.79 Å². The van der Waals surface area contributed by atoms with E-state index in [0.29, 0.717) is 18.0 Å². The van der Waals surface area contributed by atoms with E-state index in [0.717, 1.165) is 26.1 Å². The molecule has 0 unspecified atom stereocenters. The Morgan fingerprint density at radius 1 is 1.22 bits per heavy atom. The lowest BCUT2D eigenvalue weighted by Gasteiger charge is -2.55. The summed E-state index contributed by atoms with van der Waals surface area (Å²) in [5.41, 5.74) is 0.960. The monoisotopic (exact) mass is 316 g/mol. The molecular formula is C19H28N2O2. The van der Waals surface area contributed by atoms with Gasteiger partial charge < -0.3 is 9.64 Å². The predicted octanol–water partition coefficient (Wildman–Crippen LogP) is 3.69. The summed E-state index contributed by atoms with van der Waals surface area (Å²) < 4.78 is 5.50. The number of fused-ring (bicyclic) bond motifs is 1. The molecule has 3 rings (SSSR count). The van der Waals surface area contributed by atoms with Crippen LogP contribution in [0.2, 0.25) is 0 Å². The van der Waals surface area contributed by atoms with Crippen molar-refractivity contribution in [3.05, 3.63) is 35.9 Å². The number of rotatable bonds is 2. The molecule has 126 valence electrons. The van der Waals surface area contributed by atoms with Crippen molar-refractivity contribution in [1.82, 2.24) is 9.80 Å². The molecular weight excluding hydrogens is 288 g/mol. The maximum Gasteiger partial charge on any atom is 0.410 e. The standard InChI is InChI=1S/C19H28N2O2/c1-14(15-8-6-5-7-9-15)21-13-16-12-20(11-10-17(16)21)18(22)23-19(2,3)4/h5-9,14,16-17H,10-13H2,1-4H3/t14-,16+,17+/m0/s1. The van der Waals surface area contributed by atoms with Gasteiger partial charge in [-0.05, 0) is 39.7 Å². The van der Waals surface area contributed by atoms with Gasteiger partial charge in [0, 0.05) is 37.6 Å². The molecule has 4 nitrogen and oxygen atoms in total. The third-order valence-electron chi connectivity index (χ3n) is 5.00. The summed E-state index contributed by atoms with van der Waals surface area (Å²) in [7, 11) is 0. The van der Waals surface area contributed by atoms with E-state index in [2.05, 4.69) is 42.2 Å². The van der Waals surface area contributed by atoms with Crippen LogP contribution in [0.5, 0.6) is 0 Å². The molecule has 2 fully saturated rings. The predicted molar refractivity (Wildman–Crippen MR) is 91.3 cm³/mol. The van der Waals surface area contributed by atoms with E-state index >= 15 is 0 Å². The first-order valence-electron chi connectivity index (χ1n) is 8.64. The summed E-state index contributed by atoms with van der Waals surface area (Å²) in [6, 6.07) is 11.7. The van der Waals surface area contributed by atoms with Gasteiger partial charge in [0.05, 0.1) is 0 Å². The molecule has 0 spiro atoms. The van der Waals surface area contributed by atoms with Gasteiger partial charge in [0.1, 0.15) is 5.60 Å². The minimum absolute atomic E-state index is 0.162. The zero-order valence-corrected chi connectivity index (χ0v) is 14.7. The molecule has 23 heavy (non-hydrogen) atoms. The first-order valence-corrected chi connectivity index (χ1v) is 8.64. The van der Waals surface area contributed by atoms with E-state index in [9.17, 15) is 4.79 Å². The molecule has 0 bridgehead atoms. The van der Waals surface area contributed by atoms with Gasteiger partial charge in [0.25, 0.3) is 0 Å². The molecule has 1 aromatic carbocycles. The Balaban J connectivity index is 1.56. The van der Waals surface area contributed by atoms with Crippen molar-refractivity contribution >= 4 is 6.09 Å². The summed E-state index contributed by atoms with van der Waals surface area (Å²) in [4.78, 5) is 16.7. The fourth-order valence-corrected chi connectivity index (χ4v) is 3.76. The average molecular weight is 316 g/mol. The lowest BCUT2D eigenvalue weighted by molar-refractivity contribution is -0.0696. The summed E-state index contributed by atoms with van der Waals surface area (Å²) >= 11 is 0. The molecule has 2 aliphatic rings. The molecule has 1 amide bonds. The molecule has 3 atom stereocenters. The van der Waals surface area contributed by atoms with Crippen molar-refractivity contribution in [2.45, 2.75) is 51.8 Å². The number of hydrogen-bond donors (Lipinski definition) is 0. The number of ether oxygens (including phenoxy) is 1. The molecule has 0 saturated carbocycles. The van der Waals surface area contributed by atoms with Gasteiger partial charge in [-0.3, -0.25) is 4.90 Å². The number of hydrogen-bond acceptors (Lipinski definition) is 3. The third kappa shape index (κ3) is 3.52. The van der Waals surface area contributed by atoms with E-state index in [1.54, 1.807) is 0 Å². The molecule has 1 aromatic rings. The molecule has 0 aromatic heterocycles. The van der Waals surface area contributed by atoms with Crippen molar-refractivity contribution in [2.24, 2.45) is 5.92 Å². The van der Waals surface area contributed by atoms with Gasteiger partial charge in [-0.2, -0.15) is 0 Å². The highest BCUT2D eigenvalue weighted by Gasteiger charge is 2.45. The lowest BCUT2D eigenvalue weighted by Crippen LogP contribution is -2.64. The van der Waals surface area contributed by atoms with Crippen LogP contribution >= 0.6 is 0 Å². The van der Waals surface area contributed by atoms with Crippen LogP contribution in [0.3, 0.4) is 0 Å². The smallest absolute Gasteiger partial charge is 0.410 e. The largest absolute Gasteiger partial charge is 0.444 e.